The average Bonchev–Trinajstić information content (AvgIpc) is 3.17. The van der Waals surface area contributed by atoms with E-state index >= 15 is 0 Å². The smallest absolute Gasteiger partial charge is 0.254 e. The zero-order chi connectivity index (χ0) is 18.9. The van der Waals surface area contributed by atoms with Crippen LogP contribution in [-0.2, 0) is 11.3 Å². The molecule has 2 aromatic rings. The fourth-order valence-corrected chi connectivity index (χ4v) is 3.03. The number of nitrogens with one attached hydrogen (secondary N) is 1. The fraction of sp³-hybridized carbons (Fsp3) is 0.333. The summed E-state index contributed by atoms with van der Waals surface area (Å²) in [5.41, 5.74) is 4.83. The molecular formula is C21H26N4O2. The van der Waals surface area contributed by atoms with E-state index in [4.69, 9.17) is 4.42 Å². The van der Waals surface area contributed by atoms with E-state index in [9.17, 15) is 4.79 Å². The molecule has 1 aliphatic rings. The number of carbonyl (C=O) groups is 1. The first-order valence-corrected chi connectivity index (χ1v) is 9.21. The van der Waals surface area contributed by atoms with Gasteiger partial charge in [0, 0.05) is 32.7 Å². The van der Waals surface area contributed by atoms with Crippen LogP contribution in [0.3, 0.4) is 0 Å². The summed E-state index contributed by atoms with van der Waals surface area (Å²) < 4.78 is 5.24. The molecule has 0 spiro atoms. The first kappa shape index (κ1) is 19.1. The molecule has 0 aliphatic carbocycles. The standard InChI is InChI=1S/C21H26N4O2/c1-18(14-20-8-5-13-27-20)15-22-23-21(26)17-25-11-9-24(10-12-25)16-19-6-3-2-4-7-19/h2-8,13-15H,9-12,16-17H2,1H3,(H,23,26)/b18-14+,22-15-. The van der Waals surface area contributed by atoms with Crippen molar-refractivity contribution in [3.05, 3.63) is 65.6 Å². The summed E-state index contributed by atoms with van der Waals surface area (Å²) in [7, 11) is 0. The monoisotopic (exact) mass is 366 g/mol. The maximum atomic E-state index is 12.1. The largest absolute Gasteiger partial charge is 0.465 e. The minimum atomic E-state index is -0.0893. The van der Waals surface area contributed by atoms with Crippen molar-refractivity contribution in [1.82, 2.24) is 15.2 Å². The van der Waals surface area contributed by atoms with Gasteiger partial charge in [-0.1, -0.05) is 30.3 Å². The van der Waals surface area contributed by atoms with E-state index in [2.05, 4.69) is 44.6 Å². The van der Waals surface area contributed by atoms with Crippen LogP contribution in [0.15, 0.2) is 63.8 Å². The number of allylic oxidation sites excluding steroid dienone is 1. The lowest BCUT2D eigenvalue weighted by Gasteiger charge is -2.34. The predicted octanol–water partition coefficient (Wildman–Crippen LogP) is 2.60. The second kappa shape index (κ2) is 9.85. The van der Waals surface area contributed by atoms with Crippen molar-refractivity contribution in [3.8, 4) is 0 Å². The van der Waals surface area contributed by atoms with Gasteiger partial charge in [-0.3, -0.25) is 14.6 Å². The topological polar surface area (TPSA) is 61.1 Å². The van der Waals surface area contributed by atoms with Crippen molar-refractivity contribution < 1.29 is 9.21 Å². The molecule has 2 heterocycles. The van der Waals surface area contributed by atoms with E-state index in [0.717, 1.165) is 44.1 Å². The van der Waals surface area contributed by atoms with Gasteiger partial charge in [0.1, 0.15) is 5.76 Å². The quantitative estimate of drug-likeness (QED) is 0.604. The van der Waals surface area contributed by atoms with Gasteiger partial charge in [-0.15, -0.1) is 0 Å². The lowest BCUT2D eigenvalue weighted by atomic mass is 10.2. The van der Waals surface area contributed by atoms with Gasteiger partial charge in [-0.2, -0.15) is 5.10 Å². The molecule has 142 valence electrons. The van der Waals surface area contributed by atoms with Gasteiger partial charge < -0.3 is 4.42 Å². The zero-order valence-electron chi connectivity index (χ0n) is 15.7. The van der Waals surface area contributed by atoms with E-state index < -0.39 is 0 Å². The van der Waals surface area contributed by atoms with Crippen LogP contribution in [0.4, 0.5) is 0 Å². The normalized spacial score (nSPS) is 16.7. The number of piperazine rings is 1. The Morgan fingerprint density at radius 2 is 1.85 bits per heavy atom. The lowest BCUT2D eigenvalue weighted by molar-refractivity contribution is -0.122. The van der Waals surface area contributed by atoms with Gasteiger partial charge in [0.2, 0.25) is 0 Å². The number of hydrazone groups is 1. The van der Waals surface area contributed by atoms with Crippen molar-refractivity contribution >= 4 is 18.2 Å². The van der Waals surface area contributed by atoms with Crippen molar-refractivity contribution in [3.63, 3.8) is 0 Å². The van der Waals surface area contributed by atoms with Crippen LogP contribution in [0.5, 0.6) is 0 Å². The van der Waals surface area contributed by atoms with Gasteiger partial charge >= 0.3 is 0 Å². The molecule has 1 aliphatic heterocycles. The van der Waals surface area contributed by atoms with Gasteiger partial charge in [-0.25, -0.2) is 5.43 Å². The van der Waals surface area contributed by atoms with Gasteiger partial charge in [0.15, 0.2) is 0 Å². The average molecular weight is 366 g/mol. The Bertz CT molecular complexity index is 761. The van der Waals surface area contributed by atoms with Gasteiger partial charge in [0.25, 0.3) is 5.91 Å². The third kappa shape index (κ3) is 6.51. The molecule has 0 bridgehead atoms. The van der Waals surface area contributed by atoms with E-state index in [-0.39, 0.29) is 5.91 Å². The summed E-state index contributed by atoms with van der Waals surface area (Å²) in [5.74, 6) is 0.673. The summed E-state index contributed by atoms with van der Waals surface area (Å²) in [6.45, 7) is 6.96. The highest BCUT2D eigenvalue weighted by Crippen LogP contribution is 2.08. The van der Waals surface area contributed by atoms with Crippen LogP contribution in [0, 0.1) is 0 Å². The lowest BCUT2D eigenvalue weighted by Crippen LogP contribution is -2.48. The number of hydrogen-bond donors (Lipinski definition) is 1. The summed E-state index contributed by atoms with van der Waals surface area (Å²) in [5, 5.41) is 4.02. The Morgan fingerprint density at radius 3 is 2.56 bits per heavy atom. The second-order valence-electron chi connectivity index (χ2n) is 6.73. The van der Waals surface area contributed by atoms with Crippen LogP contribution >= 0.6 is 0 Å². The van der Waals surface area contributed by atoms with E-state index in [1.807, 2.05) is 31.2 Å². The van der Waals surface area contributed by atoms with Crippen molar-refractivity contribution in [1.29, 1.82) is 0 Å². The Labute approximate surface area is 160 Å². The third-order valence-electron chi connectivity index (χ3n) is 4.45. The maximum absolute atomic E-state index is 12.1. The van der Waals surface area contributed by atoms with E-state index in [1.165, 1.54) is 5.56 Å². The molecule has 27 heavy (non-hydrogen) atoms. The van der Waals surface area contributed by atoms with Crippen LogP contribution in [0.2, 0.25) is 0 Å². The Balaban J connectivity index is 1.36. The summed E-state index contributed by atoms with van der Waals surface area (Å²) in [4.78, 5) is 16.7. The highest BCUT2D eigenvalue weighted by Gasteiger charge is 2.18. The highest BCUT2D eigenvalue weighted by molar-refractivity contribution is 5.86. The highest BCUT2D eigenvalue weighted by atomic mass is 16.3. The minimum absolute atomic E-state index is 0.0893. The molecule has 1 amide bonds. The van der Waals surface area contributed by atoms with Crippen molar-refractivity contribution in [2.45, 2.75) is 13.5 Å². The summed E-state index contributed by atoms with van der Waals surface area (Å²) in [6, 6.07) is 14.2. The predicted molar refractivity (Wildman–Crippen MR) is 107 cm³/mol. The number of amides is 1. The molecule has 1 saturated heterocycles. The number of nitrogens with zero attached hydrogens (tertiary/aromatic N) is 3. The molecule has 0 atom stereocenters. The van der Waals surface area contributed by atoms with Crippen molar-refractivity contribution in [2.24, 2.45) is 5.10 Å². The minimum Gasteiger partial charge on any atom is -0.465 e. The molecule has 0 unspecified atom stereocenters. The van der Waals surface area contributed by atoms with Crippen molar-refractivity contribution in [2.75, 3.05) is 32.7 Å². The molecule has 3 rings (SSSR count). The molecule has 1 N–H and O–H groups in total. The molecule has 1 aromatic heterocycles. The first-order chi connectivity index (χ1) is 13.2. The van der Waals surface area contributed by atoms with Crippen LogP contribution in [0.25, 0.3) is 6.08 Å². The number of furan rings is 1. The first-order valence-electron chi connectivity index (χ1n) is 9.21. The van der Waals surface area contributed by atoms with E-state index in [1.54, 1.807) is 12.5 Å². The molecule has 1 fully saturated rings. The van der Waals surface area contributed by atoms with Crippen LogP contribution in [0.1, 0.15) is 18.2 Å². The maximum Gasteiger partial charge on any atom is 0.254 e. The van der Waals surface area contributed by atoms with Crippen LogP contribution in [-0.4, -0.2) is 54.6 Å². The number of rotatable bonds is 7. The second-order valence-corrected chi connectivity index (χ2v) is 6.73. The Kier molecular flexibility index (Phi) is 6.96. The Morgan fingerprint density at radius 1 is 1.11 bits per heavy atom. The molecule has 1 aromatic carbocycles. The van der Waals surface area contributed by atoms with E-state index in [0.29, 0.717) is 6.54 Å². The summed E-state index contributed by atoms with van der Waals surface area (Å²) >= 11 is 0. The van der Waals surface area contributed by atoms with Crippen LogP contribution < -0.4 is 5.43 Å². The zero-order valence-corrected chi connectivity index (χ0v) is 15.7. The molecule has 0 saturated carbocycles. The molecule has 6 nitrogen and oxygen atoms in total. The number of carbonyl (C=O) groups excluding carboxylic acids is 1. The third-order valence-corrected chi connectivity index (χ3v) is 4.45. The number of benzene rings is 1. The Hall–Kier alpha value is -2.70. The molecule has 6 heteroatoms. The molecule has 0 radical (unpaired) electrons. The molecular weight excluding hydrogens is 340 g/mol. The summed E-state index contributed by atoms with van der Waals surface area (Å²) in [6.07, 6.45) is 5.11. The fourth-order valence-electron chi connectivity index (χ4n) is 3.03. The number of hydrogen-bond acceptors (Lipinski definition) is 5. The van der Waals surface area contributed by atoms with Gasteiger partial charge in [0.05, 0.1) is 19.0 Å². The SMILES string of the molecule is CC(/C=N\NC(=O)CN1CCN(Cc2ccccc2)CC1)=C\c1ccco1. The van der Waals surface area contributed by atoms with Gasteiger partial charge in [-0.05, 0) is 36.3 Å².